The molecule has 0 saturated heterocycles. The lowest BCUT2D eigenvalue weighted by Crippen LogP contribution is -2.11. The van der Waals surface area contributed by atoms with E-state index in [2.05, 4.69) is 5.16 Å². The van der Waals surface area contributed by atoms with Crippen LogP contribution in [0.5, 0.6) is 5.75 Å². The Hall–Kier alpha value is -2.64. The Bertz CT molecular complexity index is 975. The quantitative estimate of drug-likeness (QED) is 0.756. The lowest BCUT2D eigenvalue weighted by molar-refractivity contribution is 0.392. The zero-order valence-electron chi connectivity index (χ0n) is 13.9. The van der Waals surface area contributed by atoms with Gasteiger partial charge < -0.3 is 9.26 Å². The summed E-state index contributed by atoms with van der Waals surface area (Å²) < 4.78 is 33.3. The Kier molecular flexibility index (Phi) is 4.61. The van der Waals surface area contributed by atoms with Crippen LogP contribution in [0.3, 0.4) is 0 Å². The van der Waals surface area contributed by atoms with Crippen molar-refractivity contribution in [2.24, 2.45) is 5.14 Å². The number of ether oxygens (including phenoxy) is 1. The van der Waals surface area contributed by atoms with Crippen LogP contribution in [0.2, 0.25) is 0 Å². The number of nitrogens with two attached hydrogens (primary N) is 1. The van der Waals surface area contributed by atoms with Gasteiger partial charge in [0.05, 0.1) is 17.7 Å². The van der Waals surface area contributed by atoms with E-state index in [1.807, 2.05) is 31.2 Å². The fraction of sp³-hybridized carbons (Fsp3) is 0.167. The van der Waals surface area contributed by atoms with E-state index < -0.39 is 10.0 Å². The topological polar surface area (TPSA) is 95.4 Å². The van der Waals surface area contributed by atoms with Crippen molar-refractivity contribution in [2.45, 2.75) is 18.2 Å². The van der Waals surface area contributed by atoms with Gasteiger partial charge in [-0.25, -0.2) is 13.6 Å². The number of nitrogens with zero attached hydrogens (tertiary/aromatic N) is 1. The van der Waals surface area contributed by atoms with E-state index in [4.69, 9.17) is 14.4 Å². The van der Waals surface area contributed by atoms with Gasteiger partial charge in [-0.15, -0.1) is 0 Å². The van der Waals surface area contributed by atoms with Gasteiger partial charge in [-0.2, -0.15) is 0 Å². The highest BCUT2D eigenvalue weighted by Gasteiger charge is 2.16. The predicted octanol–water partition coefficient (Wildman–Crippen LogP) is 2.90. The SMILES string of the molecule is COc1ccc(Cc2noc(C)c2-c2ccc(S(N)(=O)=O)cc2)cc1. The molecule has 25 heavy (non-hydrogen) atoms. The molecule has 1 heterocycles. The lowest BCUT2D eigenvalue weighted by atomic mass is 9.99. The van der Waals surface area contributed by atoms with Crippen molar-refractivity contribution >= 4 is 10.0 Å². The Morgan fingerprint density at radius 3 is 2.28 bits per heavy atom. The molecule has 0 atom stereocenters. The van der Waals surface area contributed by atoms with Crippen molar-refractivity contribution in [2.75, 3.05) is 7.11 Å². The highest BCUT2D eigenvalue weighted by Crippen LogP contribution is 2.30. The average Bonchev–Trinajstić information content (AvgIpc) is 2.95. The fourth-order valence-electron chi connectivity index (χ4n) is 2.66. The Morgan fingerprint density at radius 2 is 1.72 bits per heavy atom. The summed E-state index contributed by atoms with van der Waals surface area (Å²) in [4.78, 5) is 0.0714. The Labute approximate surface area is 146 Å². The number of hydrogen-bond acceptors (Lipinski definition) is 5. The number of aromatic nitrogens is 1. The zero-order chi connectivity index (χ0) is 18.0. The first kappa shape index (κ1) is 17.2. The van der Waals surface area contributed by atoms with Crippen LogP contribution in [0.25, 0.3) is 11.1 Å². The molecule has 0 radical (unpaired) electrons. The minimum atomic E-state index is -3.71. The summed E-state index contributed by atoms with van der Waals surface area (Å²) in [6, 6.07) is 14.1. The lowest BCUT2D eigenvalue weighted by Gasteiger charge is -2.06. The highest BCUT2D eigenvalue weighted by atomic mass is 32.2. The molecule has 3 rings (SSSR count). The van der Waals surface area contributed by atoms with Crippen molar-refractivity contribution in [1.29, 1.82) is 0 Å². The van der Waals surface area contributed by atoms with Crippen LogP contribution in [-0.4, -0.2) is 20.7 Å². The van der Waals surface area contributed by atoms with Gasteiger partial charge >= 0.3 is 0 Å². The first-order valence-electron chi connectivity index (χ1n) is 7.60. The molecule has 0 fully saturated rings. The molecule has 2 aromatic carbocycles. The second kappa shape index (κ2) is 6.70. The van der Waals surface area contributed by atoms with Crippen molar-refractivity contribution in [1.82, 2.24) is 5.16 Å². The highest BCUT2D eigenvalue weighted by molar-refractivity contribution is 7.89. The van der Waals surface area contributed by atoms with Crippen LogP contribution in [0.4, 0.5) is 0 Å². The molecule has 2 N–H and O–H groups in total. The van der Waals surface area contributed by atoms with E-state index in [1.165, 1.54) is 12.1 Å². The monoisotopic (exact) mass is 358 g/mol. The Balaban J connectivity index is 1.93. The second-order valence-corrected chi connectivity index (χ2v) is 7.22. The van der Waals surface area contributed by atoms with E-state index >= 15 is 0 Å². The van der Waals surface area contributed by atoms with Gasteiger partial charge in [0.25, 0.3) is 0 Å². The minimum absolute atomic E-state index is 0.0714. The van der Waals surface area contributed by atoms with Crippen LogP contribution >= 0.6 is 0 Å². The second-order valence-electron chi connectivity index (χ2n) is 5.65. The van der Waals surface area contributed by atoms with Gasteiger partial charge in [0.2, 0.25) is 10.0 Å². The summed E-state index contributed by atoms with van der Waals surface area (Å²) in [6.07, 6.45) is 0.591. The number of benzene rings is 2. The minimum Gasteiger partial charge on any atom is -0.497 e. The summed E-state index contributed by atoms with van der Waals surface area (Å²) in [5, 5.41) is 9.29. The molecule has 0 aliphatic rings. The zero-order valence-corrected chi connectivity index (χ0v) is 14.7. The van der Waals surface area contributed by atoms with Gasteiger partial charge in [-0.05, 0) is 42.3 Å². The molecule has 0 unspecified atom stereocenters. The van der Waals surface area contributed by atoms with Gasteiger partial charge in [-0.3, -0.25) is 0 Å². The van der Waals surface area contributed by atoms with Crippen LogP contribution in [-0.2, 0) is 16.4 Å². The molecule has 0 bridgehead atoms. The summed E-state index contributed by atoms with van der Waals surface area (Å²) in [5.41, 5.74) is 3.54. The summed E-state index contributed by atoms with van der Waals surface area (Å²) in [6.45, 7) is 1.83. The van der Waals surface area contributed by atoms with Gasteiger partial charge in [0.1, 0.15) is 11.5 Å². The molecule has 1 aromatic heterocycles. The predicted molar refractivity (Wildman–Crippen MR) is 93.8 cm³/mol. The molecule has 3 aromatic rings. The number of sulfonamides is 1. The molecule has 0 spiro atoms. The van der Waals surface area contributed by atoms with E-state index in [0.29, 0.717) is 12.2 Å². The van der Waals surface area contributed by atoms with Gasteiger partial charge in [0, 0.05) is 12.0 Å². The van der Waals surface area contributed by atoms with E-state index in [-0.39, 0.29) is 4.90 Å². The molecule has 7 heteroatoms. The third kappa shape index (κ3) is 3.72. The molecule has 0 aliphatic heterocycles. The molecular weight excluding hydrogens is 340 g/mol. The average molecular weight is 358 g/mol. The van der Waals surface area contributed by atoms with Crippen LogP contribution in [0.1, 0.15) is 17.0 Å². The first-order chi connectivity index (χ1) is 11.9. The molecule has 0 aliphatic carbocycles. The van der Waals surface area contributed by atoms with E-state index in [9.17, 15) is 8.42 Å². The number of hydrogen-bond donors (Lipinski definition) is 1. The Morgan fingerprint density at radius 1 is 1.08 bits per heavy atom. The maximum Gasteiger partial charge on any atom is 0.238 e. The summed E-state index contributed by atoms with van der Waals surface area (Å²) in [5.74, 6) is 1.46. The maximum absolute atomic E-state index is 11.4. The fourth-order valence-corrected chi connectivity index (χ4v) is 3.17. The molecule has 0 amide bonds. The molecular formula is C18H18N2O4S. The number of primary sulfonamides is 1. The maximum atomic E-state index is 11.4. The van der Waals surface area contributed by atoms with Crippen LogP contribution in [0.15, 0.2) is 57.9 Å². The summed E-state index contributed by atoms with van der Waals surface area (Å²) >= 11 is 0. The van der Waals surface area contributed by atoms with Gasteiger partial charge in [-0.1, -0.05) is 29.4 Å². The van der Waals surface area contributed by atoms with Crippen LogP contribution < -0.4 is 9.88 Å². The summed E-state index contributed by atoms with van der Waals surface area (Å²) in [7, 11) is -2.09. The number of aryl methyl sites for hydroxylation is 1. The molecule has 6 nitrogen and oxygen atoms in total. The van der Waals surface area contributed by atoms with Crippen LogP contribution in [0, 0.1) is 6.92 Å². The van der Waals surface area contributed by atoms with Crippen molar-refractivity contribution in [3.63, 3.8) is 0 Å². The van der Waals surface area contributed by atoms with E-state index in [0.717, 1.165) is 28.1 Å². The largest absolute Gasteiger partial charge is 0.497 e. The molecule has 130 valence electrons. The molecule has 0 saturated carbocycles. The standard InChI is InChI=1S/C18H18N2O4S/c1-12-18(14-5-9-16(10-6-14)25(19,21)22)17(20-24-12)11-13-3-7-15(23-2)8-4-13/h3-10H,11H2,1-2H3,(H2,19,21,22). The third-order valence-electron chi connectivity index (χ3n) is 3.94. The normalized spacial score (nSPS) is 11.5. The van der Waals surface area contributed by atoms with Crippen molar-refractivity contribution in [3.8, 4) is 16.9 Å². The van der Waals surface area contributed by atoms with Crippen molar-refractivity contribution < 1.29 is 17.7 Å². The number of rotatable bonds is 5. The van der Waals surface area contributed by atoms with E-state index in [1.54, 1.807) is 19.2 Å². The van der Waals surface area contributed by atoms with Gasteiger partial charge in [0.15, 0.2) is 0 Å². The first-order valence-corrected chi connectivity index (χ1v) is 9.14. The number of methoxy groups -OCH3 is 1. The van der Waals surface area contributed by atoms with Crippen molar-refractivity contribution in [3.05, 3.63) is 65.5 Å². The third-order valence-corrected chi connectivity index (χ3v) is 4.86. The smallest absolute Gasteiger partial charge is 0.238 e.